The van der Waals surface area contributed by atoms with E-state index in [1.165, 1.54) is 6.20 Å². The van der Waals surface area contributed by atoms with E-state index in [0.29, 0.717) is 6.54 Å². The molecule has 0 aromatic carbocycles. The fourth-order valence-electron chi connectivity index (χ4n) is 3.83. The summed E-state index contributed by atoms with van der Waals surface area (Å²) in [5, 5.41) is 0. The Hall–Kier alpha value is -1.21. The maximum absolute atomic E-state index is 13.7. The fraction of sp³-hybridized carbons (Fsp3) is 0.765. The van der Waals surface area contributed by atoms with Crippen molar-refractivity contribution in [2.45, 2.75) is 48.1 Å². The van der Waals surface area contributed by atoms with Gasteiger partial charge < -0.3 is 9.64 Å². The van der Waals surface area contributed by atoms with Gasteiger partial charge in [-0.2, -0.15) is 39.5 Å². The lowest BCUT2D eigenvalue weighted by molar-refractivity contribution is -0.397. The van der Waals surface area contributed by atoms with E-state index in [1.54, 1.807) is 0 Å². The van der Waals surface area contributed by atoms with Gasteiger partial charge in [0, 0.05) is 18.9 Å². The smallest absolute Gasteiger partial charge is 0.460 e. The number of hydrogen-bond acceptors (Lipinski definition) is 4. The first-order valence-electron chi connectivity index (χ1n) is 9.19. The molecule has 1 atom stereocenters. The minimum atomic E-state index is -6.93. The third-order valence-corrected chi connectivity index (χ3v) is 6.22. The van der Waals surface area contributed by atoms with Crippen LogP contribution < -0.4 is 4.74 Å². The van der Waals surface area contributed by atoms with Gasteiger partial charge in [0.25, 0.3) is 0 Å². The molecule has 3 aliphatic heterocycles. The molecule has 0 spiro atoms. The third kappa shape index (κ3) is 4.44. The molecule has 1 aromatic rings. The largest absolute Gasteiger partial charge is 0.476 e. The Morgan fingerprint density at radius 3 is 2.03 bits per heavy atom. The summed E-state index contributed by atoms with van der Waals surface area (Å²) in [5.74, 6) is -19.8. The number of alkyl halides is 10. The molecule has 4 rings (SSSR count). The van der Waals surface area contributed by atoms with Gasteiger partial charge in [-0.3, -0.25) is 4.98 Å². The molecule has 4 nitrogen and oxygen atoms in total. The number of halogens is 11. The number of aromatic nitrogens is 2. The van der Waals surface area contributed by atoms with Crippen LogP contribution in [-0.2, 0) is 4.87 Å². The van der Waals surface area contributed by atoms with Crippen molar-refractivity contribution >= 4 is 24.0 Å². The highest BCUT2D eigenvalue weighted by Gasteiger charge is 2.81. The first-order chi connectivity index (χ1) is 14.1. The summed E-state index contributed by atoms with van der Waals surface area (Å²) < 4.78 is 122. The molecule has 184 valence electrons. The van der Waals surface area contributed by atoms with Crippen molar-refractivity contribution in [1.82, 2.24) is 14.9 Å². The van der Waals surface area contributed by atoms with Crippen molar-refractivity contribution in [3.05, 3.63) is 18.1 Å². The number of fused-ring (bicyclic) bond motifs is 3. The zero-order valence-corrected chi connectivity index (χ0v) is 17.7. The van der Waals surface area contributed by atoms with Gasteiger partial charge in [-0.15, -0.1) is 24.0 Å². The van der Waals surface area contributed by atoms with Crippen LogP contribution in [0.4, 0.5) is 39.5 Å². The third-order valence-electron chi connectivity index (χ3n) is 5.61. The van der Waals surface area contributed by atoms with Gasteiger partial charge in [0.1, 0.15) is 10.6 Å². The Morgan fingerprint density at radius 2 is 1.53 bits per heavy atom. The van der Waals surface area contributed by atoms with Gasteiger partial charge in [-0.05, 0) is 31.8 Å². The molecule has 2 bridgehead atoms. The molecule has 0 aliphatic carbocycles. The van der Waals surface area contributed by atoms with E-state index in [0.717, 1.165) is 32.1 Å². The molecule has 3 saturated heterocycles. The van der Waals surface area contributed by atoms with Crippen molar-refractivity contribution in [1.29, 1.82) is 0 Å². The zero-order valence-electron chi connectivity index (χ0n) is 16.1. The van der Waals surface area contributed by atoms with Crippen LogP contribution in [0.5, 0.6) is 5.88 Å². The van der Waals surface area contributed by atoms with Gasteiger partial charge in [0.05, 0.1) is 13.0 Å². The van der Waals surface area contributed by atoms with E-state index in [4.69, 9.17) is 16.3 Å². The van der Waals surface area contributed by atoms with Gasteiger partial charge in [0.2, 0.25) is 5.88 Å². The Labute approximate surface area is 187 Å². The van der Waals surface area contributed by atoms with Crippen molar-refractivity contribution < 1.29 is 44.3 Å². The quantitative estimate of drug-likeness (QED) is 0.360. The average molecular weight is 522 g/mol. The predicted molar refractivity (Wildman–Crippen MR) is 97.0 cm³/mol. The predicted octanol–water partition coefficient (Wildman–Crippen LogP) is 5.30. The Bertz CT molecular complexity index is 804. The maximum atomic E-state index is 13.7. The molecule has 15 heteroatoms. The molecule has 0 amide bonds. The molecular weight excluding hydrogens is 504 g/mol. The maximum Gasteiger partial charge on any atom is 0.460 e. The SMILES string of the molecule is Cl.FC(F)(F)C(F)(F)C(F)(F)C(F)(F)CCOc1nccnc1C1(Cl)CN2CCC1CC2. The molecule has 3 fully saturated rings. The minimum Gasteiger partial charge on any atom is -0.476 e. The molecular formula is C17H18Cl2F9N3O. The highest BCUT2D eigenvalue weighted by molar-refractivity contribution is 6.24. The number of nitrogens with zero attached hydrogens (tertiary/aromatic N) is 3. The second-order valence-corrected chi connectivity index (χ2v) is 8.25. The summed E-state index contributed by atoms with van der Waals surface area (Å²) in [6.07, 6.45) is -5.17. The summed E-state index contributed by atoms with van der Waals surface area (Å²) in [4.78, 5) is 8.84. The van der Waals surface area contributed by atoms with E-state index < -0.39 is 41.8 Å². The highest BCUT2D eigenvalue weighted by atomic mass is 35.5. The summed E-state index contributed by atoms with van der Waals surface area (Å²) in [5.41, 5.74) is 0.0711. The fourth-order valence-corrected chi connectivity index (χ4v) is 4.34. The molecule has 3 aliphatic rings. The highest BCUT2D eigenvalue weighted by Crippen LogP contribution is 2.54. The second kappa shape index (κ2) is 8.86. The van der Waals surface area contributed by atoms with Gasteiger partial charge in [-0.1, -0.05) is 0 Å². The van der Waals surface area contributed by atoms with E-state index in [1.807, 2.05) is 4.90 Å². The van der Waals surface area contributed by atoms with E-state index in [-0.39, 0.29) is 29.9 Å². The van der Waals surface area contributed by atoms with Crippen molar-refractivity contribution in [2.75, 3.05) is 26.2 Å². The zero-order chi connectivity index (χ0) is 23.3. The van der Waals surface area contributed by atoms with Crippen LogP contribution in [0.1, 0.15) is 25.0 Å². The lowest BCUT2D eigenvalue weighted by Crippen LogP contribution is -2.61. The van der Waals surface area contributed by atoms with Gasteiger partial charge >= 0.3 is 23.9 Å². The monoisotopic (exact) mass is 521 g/mol. The summed E-state index contributed by atoms with van der Waals surface area (Å²) in [6.45, 7) is 0.624. The Balaban J connectivity index is 0.00000363. The molecule has 4 heterocycles. The van der Waals surface area contributed by atoms with Crippen molar-refractivity contribution in [3.8, 4) is 5.88 Å². The first kappa shape index (κ1) is 27.0. The summed E-state index contributed by atoms with van der Waals surface area (Å²) >= 11 is 6.74. The summed E-state index contributed by atoms with van der Waals surface area (Å²) in [6, 6.07) is 0. The lowest BCUT2D eigenvalue weighted by Gasteiger charge is -2.49. The number of rotatable bonds is 7. The number of piperidine rings is 3. The molecule has 0 N–H and O–H groups in total. The van der Waals surface area contributed by atoms with Crippen molar-refractivity contribution in [3.63, 3.8) is 0 Å². The summed E-state index contributed by atoms with van der Waals surface area (Å²) in [7, 11) is 0. The molecule has 0 saturated carbocycles. The van der Waals surface area contributed by atoms with Crippen LogP contribution in [0.3, 0.4) is 0 Å². The van der Waals surface area contributed by atoms with Crippen LogP contribution in [0.2, 0.25) is 0 Å². The van der Waals surface area contributed by atoms with E-state index in [9.17, 15) is 39.5 Å². The van der Waals surface area contributed by atoms with Crippen LogP contribution >= 0.6 is 24.0 Å². The lowest BCUT2D eigenvalue weighted by atomic mass is 9.76. The van der Waals surface area contributed by atoms with Crippen LogP contribution in [-0.4, -0.2) is 65.1 Å². The van der Waals surface area contributed by atoms with E-state index in [2.05, 4.69) is 9.97 Å². The Kier molecular flexibility index (Phi) is 7.49. The standard InChI is InChI=1S/C17H17ClF9N3O.ClH/c18-13(9-30-6-1-10(13)2-7-30)11-12(29-5-4-28-11)31-8-3-14(19,20)15(21,22)16(23,24)17(25,26)27;/h4-5,10H,1-3,6-9H2;1H. The minimum absolute atomic E-state index is 0. The first-order valence-corrected chi connectivity index (χ1v) is 9.57. The molecule has 32 heavy (non-hydrogen) atoms. The number of hydrogen-bond donors (Lipinski definition) is 0. The van der Waals surface area contributed by atoms with Crippen LogP contribution in [0, 0.1) is 5.92 Å². The van der Waals surface area contributed by atoms with Crippen LogP contribution in [0.15, 0.2) is 12.4 Å². The van der Waals surface area contributed by atoms with Crippen LogP contribution in [0.25, 0.3) is 0 Å². The number of ether oxygens (including phenoxy) is 1. The normalized spacial score (nSPS) is 26.6. The topological polar surface area (TPSA) is 38.3 Å². The molecule has 0 radical (unpaired) electrons. The molecule has 1 aromatic heterocycles. The van der Waals surface area contributed by atoms with E-state index >= 15 is 0 Å². The molecule has 1 unspecified atom stereocenters. The van der Waals surface area contributed by atoms with Gasteiger partial charge in [-0.25, -0.2) is 4.98 Å². The average Bonchev–Trinajstić information content (AvgIpc) is 2.67. The Morgan fingerprint density at radius 1 is 0.969 bits per heavy atom. The second-order valence-electron chi connectivity index (χ2n) is 7.57. The van der Waals surface area contributed by atoms with Crippen molar-refractivity contribution in [2.24, 2.45) is 5.92 Å². The van der Waals surface area contributed by atoms with Gasteiger partial charge in [0.15, 0.2) is 0 Å².